The van der Waals surface area contributed by atoms with Crippen LogP contribution in [0.1, 0.15) is 151 Å². The molecule has 1 aliphatic carbocycles. The van der Waals surface area contributed by atoms with Gasteiger partial charge in [0.1, 0.15) is 11.5 Å². The molecule has 1 atom stereocenters. The fourth-order valence-electron chi connectivity index (χ4n) is 5.77. The number of hydrogen-bond acceptors (Lipinski definition) is 5. The van der Waals surface area contributed by atoms with E-state index >= 15 is 0 Å². The van der Waals surface area contributed by atoms with E-state index in [1.807, 2.05) is 18.2 Å². The monoisotopic (exact) mass is 620 g/mol. The van der Waals surface area contributed by atoms with E-state index in [0.29, 0.717) is 50.7 Å². The van der Waals surface area contributed by atoms with Crippen molar-refractivity contribution in [3.8, 4) is 5.75 Å². The number of aryl methyl sites for hydroxylation is 1. The van der Waals surface area contributed by atoms with Gasteiger partial charge in [0.15, 0.2) is 17.3 Å². The van der Waals surface area contributed by atoms with Gasteiger partial charge in [-0.05, 0) is 75.2 Å². The van der Waals surface area contributed by atoms with E-state index in [1.54, 1.807) is 0 Å². The summed E-state index contributed by atoms with van der Waals surface area (Å²) < 4.78 is 0. The lowest BCUT2D eigenvalue weighted by atomic mass is 9.69. The molecule has 1 aromatic rings. The number of carbonyl (C=O) groups is 4. The highest BCUT2D eigenvalue weighted by Crippen LogP contribution is 2.41. The van der Waals surface area contributed by atoms with Gasteiger partial charge in [0.2, 0.25) is 0 Å². The first kappa shape index (κ1) is 38.4. The molecule has 0 heterocycles. The molecule has 1 unspecified atom stereocenters. The maximum atomic E-state index is 13.2. The van der Waals surface area contributed by atoms with Crippen molar-refractivity contribution in [1.29, 1.82) is 0 Å². The SMILES string of the molecule is CC(C)(C)C1=CC(C(C)(C)C)C(=O)C(CCC(=O)CCCCCC(=O)C(=O)CCc2cc(C(C)(C)C)c(O)c(C(C)(C)C)c2)=C1. The van der Waals surface area contributed by atoms with Crippen LogP contribution in [0.25, 0.3) is 0 Å². The topological polar surface area (TPSA) is 88.5 Å². The molecule has 0 saturated carbocycles. The zero-order valence-corrected chi connectivity index (χ0v) is 30.3. The summed E-state index contributed by atoms with van der Waals surface area (Å²) in [5, 5.41) is 10.9. The normalized spacial score (nSPS) is 16.4. The lowest BCUT2D eigenvalue weighted by Crippen LogP contribution is -2.32. The number of Topliss-reactive ketones (excluding diaryl/α,β-unsaturated/α-hetero) is 4. The van der Waals surface area contributed by atoms with Crippen molar-refractivity contribution in [1.82, 2.24) is 0 Å². The second-order valence-electron chi connectivity index (χ2n) is 17.2. The number of aromatic hydroxyl groups is 1. The van der Waals surface area contributed by atoms with Gasteiger partial charge in [-0.3, -0.25) is 19.2 Å². The molecule has 0 bridgehead atoms. The van der Waals surface area contributed by atoms with Gasteiger partial charge < -0.3 is 5.11 Å². The summed E-state index contributed by atoms with van der Waals surface area (Å²) >= 11 is 0. The van der Waals surface area contributed by atoms with Gasteiger partial charge in [-0.25, -0.2) is 0 Å². The van der Waals surface area contributed by atoms with Gasteiger partial charge in [0.25, 0.3) is 0 Å². The fourth-order valence-corrected chi connectivity index (χ4v) is 5.77. The number of allylic oxidation sites excluding steroid dienone is 4. The molecule has 45 heavy (non-hydrogen) atoms. The molecule has 1 aliphatic rings. The molecule has 2 rings (SSSR count). The number of hydrogen-bond donors (Lipinski definition) is 1. The van der Waals surface area contributed by atoms with E-state index in [1.165, 1.54) is 0 Å². The highest BCUT2D eigenvalue weighted by atomic mass is 16.3. The van der Waals surface area contributed by atoms with E-state index in [2.05, 4.69) is 89.2 Å². The number of phenolic OH excluding ortho intramolecular Hbond substituents is 1. The van der Waals surface area contributed by atoms with Crippen LogP contribution in [0.15, 0.2) is 35.4 Å². The minimum Gasteiger partial charge on any atom is -0.507 e. The van der Waals surface area contributed by atoms with E-state index in [4.69, 9.17) is 0 Å². The molecule has 0 radical (unpaired) electrons. The lowest BCUT2D eigenvalue weighted by molar-refractivity contribution is -0.136. The molecule has 5 nitrogen and oxygen atoms in total. The minimum atomic E-state index is -0.364. The molecule has 1 aromatic carbocycles. The van der Waals surface area contributed by atoms with E-state index < -0.39 is 0 Å². The van der Waals surface area contributed by atoms with Crippen LogP contribution in [0.5, 0.6) is 5.75 Å². The Hall–Kier alpha value is -2.82. The predicted octanol–water partition coefficient (Wildman–Crippen LogP) is 9.50. The van der Waals surface area contributed by atoms with Crippen LogP contribution >= 0.6 is 0 Å². The number of rotatable bonds is 13. The summed E-state index contributed by atoms with van der Waals surface area (Å²) in [5.74, 6) is -0.350. The van der Waals surface area contributed by atoms with E-state index in [-0.39, 0.29) is 63.6 Å². The summed E-state index contributed by atoms with van der Waals surface area (Å²) in [6.45, 7) is 25.0. The molecule has 0 saturated heterocycles. The zero-order valence-electron chi connectivity index (χ0n) is 30.3. The van der Waals surface area contributed by atoms with Gasteiger partial charge in [-0.15, -0.1) is 0 Å². The molecule has 0 amide bonds. The second kappa shape index (κ2) is 14.7. The van der Waals surface area contributed by atoms with Crippen LogP contribution in [0.2, 0.25) is 0 Å². The van der Waals surface area contributed by atoms with Crippen LogP contribution in [0, 0.1) is 16.7 Å². The molecular weight excluding hydrogens is 560 g/mol. The predicted molar refractivity (Wildman–Crippen MR) is 185 cm³/mol. The molecule has 0 fully saturated rings. The Kier molecular flexibility index (Phi) is 12.6. The van der Waals surface area contributed by atoms with Crippen molar-refractivity contribution < 1.29 is 24.3 Å². The van der Waals surface area contributed by atoms with Crippen molar-refractivity contribution in [2.24, 2.45) is 16.7 Å². The number of ketones is 4. The van der Waals surface area contributed by atoms with Gasteiger partial charge >= 0.3 is 0 Å². The zero-order chi connectivity index (χ0) is 34.5. The minimum absolute atomic E-state index is 0.0740. The van der Waals surface area contributed by atoms with Crippen LogP contribution in [-0.4, -0.2) is 28.2 Å². The first-order valence-electron chi connectivity index (χ1n) is 16.8. The fraction of sp³-hybridized carbons (Fsp3) is 0.650. The third kappa shape index (κ3) is 11.2. The van der Waals surface area contributed by atoms with Crippen LogP contribution in [-0.2, 0) is 36.4 Å². The second-order valence-corrected chi connectivity index (χ2v) is 17.2. The van der Waals surface area contributed by atoms with Crippen molar-refractivity contribution in [3.05, 3.63) is 52.1 Å². The Morgan fingerprint density at radius 3 is 1.67 bits per heavy atom. The Balaban J connectivity index is 1.83. The average molecular weight is 621 g/mol. The Bertz CT molecular complexity index is 1290. The molecule has 1 N–H and O–H groups in total. The average Bonchev–Trinajstić information content (AvgIpc) is 2.88. The largest absolute Gasteiger partial charge is 0.507 e. The Morgan fingerprint density at radius 1 is 0.667 bits per heavy atom. The van der Waals surface area contributed by atoms with Crippen LogP contribution in [0.4, 0.5) is 0 Å². The van der Waals surface area contributed by atoms with Crippen molar-refractivity contribution in [3.63, 3.8) is 0 Å². The first-order valence-corrected chi connectivity index (χ1v) is 16.8. The van der Waals surface area contributed by atoms with Crippen LogP contribution in [0.3, 0.4) is 0 Å². The number of benzene rings is 1. The molecule has 0 aliphatic heterocycles. The quantitative estimate of drug-likeness (QED) is 0.175. The maximum absolute atomic E-state index is 13.2. The van der Waals surface area contributed by atoms with Gasteiger partial charge in [0, 0.05) is 31.6 Å². The third-order valence-corrected chi connectivity index (χ3v) is 8.84. The first-order chi connectivity index (χ1) is 20.4. The summed E-state index contributed by atoms with van der Waals surface area (Å²) in [6.07, 6.45) is 8.07. The number of phenols is 1. The molecule has 250 valence electrons. The van der Waals surface area contributed by atoms with E-state index in [9.17, 15) is 24.3 Å². The molecule has 0 spiro atoms. The summed E-state index contributed by atoms with van der Waals surface area (Å²) in [6, 6.07) is 3.92. The lowest BCUT2D eigenvalue weighted by Gasteiger charge is -2.34. The number of unbranched alkanes of at least 4 members (excludes halogenated alkanes) is 2. The standard InChI is InChI=1S/C40H60O5/c1-37(2,3)28-24-27(35(44)32(25-28)40(10,11)12)19-20-29(41)16-14-13-15-17-33(42)34(43)21-18-26-22-30(38(4,5)6)36(45)31(23-26)39(7,8)9/h22-25,32,45H,13-21H2,1-12H3. The molecular formula is C40H60O5. The van der Waals surface area contributed by atoms with Crippen LogP contribution < -0.4 is 0 Å². The molecule has 0 aromatic heterocycles. The summed E-state index contributed by atoms with van der Waals surface area (Å²) in [7, 11) is 0. The van der Waals surface area contributed by atoms with E-state index in [0.717, 1.165) is 27.8 Å². The highest BCUT2D eigenvalue weighted by Gasteiger charge is 2.36. The number of carbonyl (C=O) groups excluding carboxylic acids is 4. The Morgan fingerprint density at radius 2 is 1.18 bits per heavy atom. The Labute approximate surface area is 273 Å². The van der Waals surface area contributed by atoms with Crippen molar-refractivity contribution in [2.75, 3.05) is 0 Å². The van der Waals surface area contributed by atoms with Gasteiger partial charge in [0.05, 0.1) is 0 Å². The van der Waals surface area contributed by atoms with Crippen molar-refractivity contribution >= 4 is 23.1 Å². The highest BCUT2D eigenvalue weighted by molar-refractivity contribution is 6.37. The van der Waals surface area contributed by atoms with Crippen molar-refractivity contribution in [2.45, 2.75) is 152 Å². The smallest absolute Gasteiger partial charge is 0.198 e. The summed E-state index contributed by atoms with van der Waals surface area (Å²) in [4.78, 5) is 51.1. The molecule has 5 heteroatoms. The van der Waals surface area contributed by atoms with Gasteiger partial charge in [-0.1, -0.05) is 114 Å². The summed E-state index contributed by atoms with van der Waals surface area (Å²) in [5.41, 5.74) is 3.77. The maximum Gasteiger partial charge on any atom is 0.198 e. The third-order valence-electron chi connectivity index (χ3n) is 8.84. The van der Waals surface area contributed by atoms with Gasteiger partial charge in [-0.2, -0.15) is 0 Å².